The van der Waals surface area contributed by atoms with Crippen molar-refractivity contribution in [1.29, 1.82) is 0 Å². The average Bonchev–Trinajstić information content (AvgIpc) is 2.74. The molecule has 3 rings (SSSR count). The Balaban J connectivity index is 1.79. The Morgan fingerprint density at radius 1 is 1.16 bits per heavy atom. The number of benzene rings is 2. The highest BCUT2D eigenvalue weighted by Crippen LogP contribution is 2.34. The molecule has 0 radical (unpaired) electrons. The summed E-state index contributed by atoms with van der Waals surface area (Å²) in [6, 6.07) is 5.08. The summed E-state index contributed by atoms with van der Waals surface area (Å²) in [5, 5.41) is 2.28. The highest BCUT2D eigenvalue weighted by molar-refractivity contribution is 7.89. The number of sulfonamides is 1. The maximum Gasteiger partial charge on any atom is 0.419 e. The zero-order valence-electron chi connectivity index (χ0n) is 16.7. The number of hydrogen-bond acceptors (Lipinski definition) is 4. The lowest BCUT2D eigenvalue weighted by Crippen LogP contribution is -2.43. The molecule has 1 aliphatic heterocycles. The Bertz CT molecular complexity index is 1120. The number of rotatable bonds is 5. The summed E-state index contributed by atoms with van der Waals surface area (Å²) in [6.45, 7) is -0.193. The summed E-state index contributed by atoms with van der Waals surface area (Å²) in [4.78, 5) is 12.2. The molecule has 32 heavy (non-hydrogen) atoms. The Hall–Kier alpha value is -2.73. The van der Waals surface area contributed by atoms with E-state index in [1.807, 2.05) is 0 Å². The van der Waals surface area contributed by atoms with Crippen LogP contribution < -0.4 is 10.1 Å². The summed E-state index contributed by atoms with van der Waals surface area (Å²) in [5.41, 5.74) is -1.79. The Morgan fingerprint density at radius 2 is 1.88 bits per heavy atom. The topological polar surface area (TPSA) is 75.7 Å². The van der Waals surface area contributed by atoms with Gasteiger partial charge in [-0.3, -0.25) is 4.79 Å². The number of alkyl halides is 3. The molecule has 0 spiro atoms. The summed E-state index contributed by atoms with van der Waals surface area (Å²) in [7, 11) is -2.98. The third-order valence-electron chi connectivity index (χ3n) is 5.04. The van der Waals surface area contributed by atoms with Gasteiger partial charge in [0.15, 0.2) is 0 Å². The number of anilines is 1. The largest absolute Gasteiger partial charge is 0.495 e. The van der Waals surface area contributed by atoms with Gasteiger partial charge in [-0.15, -0.1) is 0 Å². The summed E-state index contributed by atoms with van der Waals surface area (Å²) >= 11 is 0. The van der Waals surface area contributed by atoms with Crippen LogP contribution in [0.15, 0.2) is 41.3 Å². The second-order valence-electron chi connectivity index (χ2n) is 7.18. The molecule has 2 aromatic rings. The molecule has 1 saturated heterocycles. The third kappa shape index (κ3) is 5.01. The van der Waals surface area contributed by atoms with Gasteiger partial charge < -0.3 is 10.1 Å². The number of nitrogens with one attached hydrogen (secondary N) is 1. The van der Waals surface area contributed by atoms with Gasteiger partial charge in [0, 0.05) is 18.8 Å². The molecule has 0 bridgehead atoms. The zero-order chi connectivity index (χ0) is 23.7. The van der Waals surface area contributed by atoms with Crippen LogP contribution in [-0.2, 0) is 21.0 Å². The zero-order valence-corrected chi connectivity index (χ0v) is 17.6. The van der Waals surface area contributed by atoms with E-state index in [9.17, 15) is 35.2 Å². The van der Waals surface area contributed by atoms with Gasteiger partial charge in [0.25, 0.3) is 0 Å². The van der Waals surface area contributed by atoms with Crippen LogP contribution in [0.1, 0.15) is 18.4 Å². The van der Waals surface area contributed by atoms with Crippen LogP contribution in [0.5, 0.6) is 5.75 Å². The number of carbonyl (C=O) groups is 1. The smallest absolute Gasteiger partial charge is 0.419 e. The van der Waals surface area contributed by atoms with E-state index >= 15 is 0 Å². The van der Waals surface area contributed by atoms with Crippen molar-refractivity contribution in [3.63, 3.8) is 0 Å². The predicted molar refractivity (Wildman–Crippen MR) is 104 cm³/mol. The van der Waals surface area contributed by atoms with Crippen LogP contribution in [0.4, 0.5) is 27.6 Å². The van der Waals surface area contributed by atoms with Gasteiger partial charge in [-0.2, -0.15) is 17.5 Å². The van der Waals surface area contributed by atoms with Crippen molar-refractivity contribution in [3.8, 4) is 5.75 Å². The van der Waals surface area contributed by atoms with E-state index in [2.05, 4.69) is 5.32 Å². The highest BCUT2D eigenvalue weighted by atomic mass is 32.2. The SMILES string of the molecule is COc1ccc(F)cc1S(=O)(=O)N1CCCC(C(=O)Nc2ccc(F)c(C(F)(F)F)c2)C1. The van der Waals surface area contributed by atoms with Crippen molar-refractivity contribution >= 4 is 21.6 Å². The van der Waals surface area contributed by atoms with Gasteiger partial charge in [-0.25, -0.2) is 17.2 Å². The quantitative estimate of drug-likeness (QED) is 0.659. The first-order valence-corrected chi connectivity index (χ1v) is 10.9. The average molecular weight is 478 g/mol. The van der Waals surface area contributed by atoms with Gasteiger partial charge in [0.2, 0.25) is 15.9 Å². The number of hydrogen-bond donors (Lipinski definition) is 1. The number of halogens is 5. The van der Waals surface area contributed by atoms with Gasteiger partial charge in [0.05, 0.1) is 18.6 Å². The van der Waals surface area contributed by atoms with E-state index in [-0.39, 0.29) is 30.9 Å². The van der Waals surface area contributed by atoms with Gasteiger partial charge in [0.1, 0.15) is 22.3 Å². The maximum absolute atomic E-state index is 13.7. The van der Waals surface area contributed by atoms with Crippen LogP contribution in [-0.4, -0.2) is 38.8 Å². The molecule has 174 valence electrons. The molecular formula is C20H19F5N2O4S. The lowest BCUT2D eigenvalue weighted by Gasteiger charge is -2.31. The lowest BCUT2D eigenvalue weighted by atomic mass is 9.98. The number of ether oxygens (including phenoxy) is 1. The van der Waals surface area contributed by atoms with E-state index in [0.29, 0.717) is 18.6 Å². The fraction of sp³-hybridized carbons (Fsp3) is 0.350. The van der Waals surface area contributed by atoms with Crippen molar-refractivity contribution in [2.75, 3.05) is 25.5 Å². The monoisotopic (exact) mass is 478 g/mol. The van der Waals surface area contributed by atoms with Crippen LogP contribution in [0, 0.1) is 17.6 Å². The van der Waals surface area contributed by atoms with Gasteiger partial charge in [-0.1, -0.05) is 0 Å². The second-order valence-corrected chi connectivity index (χ2v) is 9.09. The minimum atomic E-state index is -4.94. The fourth-order valence-corrected chi connectivity index (χ4v) is 5.12. The molecule has 1 N–H and O–H groups in total. The van der Waals surface area contributed by atoms with E-state index in [1.165, 1.54) is 13.2 Å². The molecule has 1 heterocycles. The van der Waals surface area contributed by atoms with Crippen LogP contribution in [0.2, 0.25) is 0 Å². The second kappa shape index (κ2) is 9.02. The van der Waals surface area contributed by atoms with Gasteiger partial charge >= 0.3 is 6.18 Å². The molecule has 1 atom stereocenters. The first kappa shape index (κ1) is 23.9. The number of methoxy groups -OCH3 is 1. The highest BCUT2D eigenvalue weighted by Gasteiger charge is 2.36. The Labute approximate surface area is 181 Å². The fourth-order valence-electron chi connectivity index (χ4n) is 3.43. The van der Waals surface area contributed by atoms with E-state index < -0.39 is 50.1 Å². The summed E-state index contributed by atoms with van der Waals surface area (Å²) in [6.07, 6.45) is -4.36. The van der Waals surface area contributed by atoms with Crippen molar-refractivity contribution < 1.29 is 39.9 Å². The minimum Gasteiger partial charge on any atom is -0.495 e. The van der Waals surface area contributed by atoms with E-state index in [1.54, 1.807) is 0 Å². The van der Waals surface area contributed by atoms with Crippen LogP contribution >= 0.6 is 0 Å². The predicted octanol–water partition coefficient (Wildman–Crippen LogP) is 4.03. The molecule has 12 heteroatoms. The lowest BCUT2D eigenvalue weighted by molar-refractivity contribution is -0.140. The van der Waals surface area contributed by atoms with Crippen molar-refractivity contribution in [1.82, 2.24) is 4.31 Å². The van der Waals surface area contributed by atoms with Gasteiger partial charge in [-0.05, 0) is 49.2 Å². The molecule has 0 aliphatic carbocycles. The number of carbonyl (C=O) groups excluding carboxylic acids is 1. The molecule has 1 amide bonds. The molecule has 0 saturated carbocycles. The van der Waals surface area contributed by atoms with Crippen molar-refractivity contribution in [2.24, 2.45) is 5.92 Å². The molecule has 6 nitrogen and oxygen atoms in total. The molecule has 1 unspecified atom stereocenters. The summed E-state index contributed by atoms with van der Waals surface area (Å²) in [5.74, 6) is -3.92. The van der Waals surface area contributed by atoms with Crippen molar-refractivity contribution in [3.05, 3.63) is 53.6 Å². The van der Waals surface area contributed by atoms with Crippen LogP contribution in [0.3, 0.4) is 0 Å². The number of nitrogens with zero attached hydrogens (tertiary/aromatic N) is 1. The first-order valence-electron chi connectivity index (χ1n) is 9.45. The summed E-state index contributed by atoms with van der Waals surface area (Å²) < 4.78 is 97.8. The standard InChI is InChI=1S/C20H19F5N2O4S/c1-31-17-7-4-13(21)9-18(17)32(29,30)27-8-2-3-12(11-27)19(28)26-14-5-6-16(22)15(10-14)20(23,24)25/h4-7,9-10,12H,2-3,8,11H2,1H3,(H,26,28). The Kier molecular flexibility index (Phi) is 6.75. The van der Waals surface area contributed by atoms with Crippen molar-refractivity contribution in [2.45, 2.75) is 23.9 Å². The molecule has 1 fully saturated rings. The van der Waals surface area contributed by atoms with Crippen LogP contribution in [0.25, 0.3) is 0 Å². The molecule has 1 aliphatic rings. The maximum atomic E-state index is 13.7. The van der Waals surface area contributed by atoms with E-state index in [0.717, 1.165) is 22.5 Å². The molecular weight excluding hydrogens is 459 g/mol. The number of piperidine rings is 1. The third-order valence-corrected chi connectivity index (χ3v) is 6.92. The molecule has 2 aromatic carbocycles. The first-order chi connectivity index (χ1) is 14.9. The normalized spacial score (nSPS) is 17.8. The Morgan fingerprint density at radius 3 is 2.53 bits per heavy atom. The minimum absolute atomic E-state index is 0.0658. The molecule has 0 aromatic heterocycles. The van der Waals surface area contributed by atoms with E-state index in [4.69, 9.17) is 4.74 Å². The number of amides is 1.